The van der Waals surface area contributed by atoms with Gasteiger partial charge < -0.3 is 31.2 Å². The third kappa shape index (κ3) is 7.35. The Labute approximate surface area is 177 Å². The van der Waals surface area contributed by atoms with Gasteiger partial charge in [0.05, 0.1) is 12.9 Å². The SMILES string of the molecule is NC(N)=NCCC[C@H](NC(=O)OCCCCCn1cnc2c(Cl)ncnc21)C(=O)O. The Morgan fingerprint density at radius 1 is 1.23 bits per heavy atom. The fraction of sp³-hybridized carbons (Fsp3) is 0.529. The summed E-state index contributed by atoms with van der Waals surface area (Å²) in [6.45, 7) is 1.16. The molecular weight excluding hydrogens is 416 g/mol. The minimum Gasteiger partial charge on any atom is -0.480 e. The molecule has 0 aliphatic carbocycles. The van der Waals surface area contributed by atoms with Gasteiger partial charge in [0.15, 0.2) is 16.8 Å². The number of ether oxygens (including phenoxy) is 1. The number of aryl methyl sites for hydroxylation is 1. The number of carboxylic acids is 1. The van der Waals surface area contributed by atoms with E-state index in [4.69, 9.17) is 27.8 Å². The number of nitrogens with one attached hydrogen (secondary N) is 1. The average Bonchev–Trinajstić information content (AvgIpc) is 3.11. The van der Waals surface area contributed by atoms with Crippen molar-refractivity contribution in [1.82, 2.24) is 24.8 Å². The van der Waals surface area contributed by atoms with Crippen molar-refractivity contribution in [3.05, 3.63) is 17.8 Å². The summed E-state index contributed by atoms with van der Waals surface area (Å²) in [6.07, 6.45) is 5.14. The molecule has 13 heteroatoms. The maximum Gasteiger partial charge on any atom is 0.407 e. The Hall–Kier alpha value is -3.15. The summed E-state index contributed by atoms with van der Waals surface area (Å²) in [5.74, 6) is -1.21. The summed E-state index contributed by atoms with van der Waals surface area (Å²) < 4.78 is 6.94. The van der Waals surface area contributed by atoms with Crippen LogP contribution >= 0.6 is 11.6 Å². The highest BCUT2D eigenvalue weighted by atomic mass is 35.5. The second-order valence-electron chi connectivity index (χ2n) is 6.46. The lowest BCUT2D eigenvalue weighted by molar-refractivity contribution is -0.139. The smallest absolute Gasteiger partial charge is 0.407 e. The standard InChI is InChI=1S/C17H25ClN8O4/c18-13-12-14(23-9-22-13)26(10-24-12)7-2-1-3-8-30-17(29)25-11(15(27)28)5-4-6-21-16(19)20/h9-11H,1-8H2,(H,25,29)(H,27,28)(H4,19,20,21)/t11-/m0/s1. The topological polar surface area (TPSA) is 184 Å². The van der Waals surface area contributed by atoms with Crippen molar-refractivity contribution in [2.24, 2.45) is 16.5 Å². The van der Waals surface area contributed by atoms with Gasteiger partial charge in [0.2, 0.25) is 0 Å². The number of carboxylic acid groups (broad SMARTS) is 1. The van der Waals surface area contributed by atoms with Crippen molar-refractivity contribution in [2.75, 3.05) is 13.2 Å². The fourth-order valence-corrected chi connectivity index (χ4v) is 2.86. The lowest BCUT2D eigenvalue weighted by atomic mass is 10.1. The number of nitrogens with two attached hydrogens (primary N) is 2. The summed E-state index contributed by atoms with van der Waals surface area (Å²) in [5.41, 5.74) is 11.6. The number of carbonyl (C=O) groups is 2. The number of fused-ring (bicyclic) bond motifs is 1. The molecule has 6 N–H and O–H groups in total. The van der Waals surface area contributed by atoms with Gasteiger partial charge in [-0.15, -0.1) is 0 Å². The van der Waals surface area contributed by atoms with E-state index < -0.39 is 18.1 Å². The Bertz CT molecular complexity index is 884. The molecule has 1 atom stereocenters. The van der Waals surface area contributed by atoms with Crippen molar-refractivity contribution in [3.8, 4) is 0 Å². The molecular formula is C17H25ClN8O4. The van der Waals surface area contributed by atoms with E-state index in [1.54, 1.807) is 6.33 Å². The van der Waals surface area contributed by atoms with Crippen LogP contribution in [0.5, 0.6) is 0 Å². The number of hydrogen-bond donors (Lipinski definition) is 4. The third-order valence-corrected chi connectivity index (χ3v) is 4.45. The molecule has 0 bridgehead atoms. The number of rotatable bonds is 12. The zero-order chi connectivity index (χ0) is 21.9. The predicted octanol–water partition coefficient (Wildman–Crippen LogP) is 0.883. The quantitative estimate of drug-likeness (QED) is 0.161. The molecule has 1 amide bonds. The first-order chi connectivity index (χ1) is 14.4. The van der Waals surface area contributed by atoms with Gasteiger partial charge in [-0.05, 0) is 32.1 Å². The second kappa shape index (κ2) is 11.8. The minimum atomic E-state index is -1.15. The molecule has 0 spiro atoms. The van der Waals surface area contributed by atoms with Gasteiger partial charge in [0, 0.05) is 13.1 Å². The van der Waals surface area contributed by atoms with Crippen molar-refractivity contribution >= 4 is 40.8 Å². The summed E-state index contributed by atoms with van der Waals surface area (Å²) in [4.78, 5) is 39.0. The van der Waals surface area contributed by atoms with Gasteiger partial charge in [0.1, 0.15) is 17.9 Å². The van der Waals surface area contributed by atoms with Crippen LogP contribution in [-0.2, 0) is 16.1 Å². The van der Waals surface area contributed by atoms with Crippen LogP contribution in [0.4, 0.5) is 4.79 Å². The van der Waals surface area contributed by atoms with Crippen molar-refractivity contribution < 1.29 is 19.4 Å². The van der Waals surface area contributed by atoms with Gasteiger partial charge >= 0.3 is 12.1 Å². The number of carbonyl (C=O) groups excluding carboxylic acids is 1. The summed E-state index contributed by atoms with van der Waals surface area (Å²) in [6, 6.07) is -1.06. The molecule has 30 heavy (non-hydrogen) atoms. The van der Waals surface area contributed by atoms with Crippen LogP contribution in [0.25, 0.3) is 11.2 Å². The van der Waals surface area contributed by atoms with E-state index >= 15 is 0 Å². The zero-order valence-corrected chi connectivity index (χ0v) is 17.1. The highest BCUT2D eigenvalue weighted by Crippen LogP contribution is 2.17. The van der Waals surface area contributed by atoms with Crippen LogP contribution in [0, 0.1) is 0 Å². The highest BCUT2D eigenvalue weighted by molar-refractivity contribution is 6.33. The number of aromatic nitrogens is 4. The van der Waals surface area contributed by atoms with Crippen LogP contribution in [0.15, 0.2) is 17.6 Å². The molecule has 0 unspecified atom stereocenters. The van der Waals surface area contributed by atoms with Crippen molar-refractivity contribution in [2.45, 2.75) is 44.7 Å². The fourth-order valence-electron chi connectivity index (χ4n) is 2.69. The number of aliphatic carboxylic acids is 1. The molecule has 2 aromatic rings. The number of unbranched alkanes of at least 4 members (excludes halogenated alkanes) is 2. The molecule has 0 saturated carbocycles. The number of alkyl carbamates (subject to hydrolysis) is 1. The monoisotopic (exact) mass is 440 g/mol. The molecule has 0 aliphatic heterocycles. The summed E-state index contributed by atoms with van der Waals surface area (Å²) >= 11 is 5.97. The van der Waals surface area contributed by atoms with Gasteiger partial charge in [-0.3, -0.25) is 4.99 Å². The Morgan fingerprint density at radius 2 is 2.03 bits per heavy atom. The Balaban J connectivity index is 1.63. The van der Waals surface area contributed by atoms with Gasteiger partial charge in [-0.2, -0.15) is 0 Å². The van der Waals surface area contributed by atoms with E-state index in [2.05, 4.69) is 25.3 Å². The molecule has 0 radical (unpaired) electrons. The van der Waals surface area contributed by atoms with E-state index in [9.17, 15) is 14.7 Å². The van der Waals surface area contributed by atoms with Crippen LogP contribution in [0.3, 0.4) is 0 Å². The maximum absolute atomic E-state index is 11.8. The molecule has 0 aliphatic rings. The number of hydrogen-bond acceptors (Lipinski definition) is 7. The maximum atomic E-state index is 11.8. The van der Waals surface area contributed by atoms with E-state index in [0.29, 0.717) is 35.7 Å². The number of aliphatic imine (C=N–C) groups is 1. The second-order valence-corrected chi connectivity index (χ2v) is 6.81. The normalized spacial score (nSPS) is 11.8. The molecule has 0 aromatic carbocycles. The van der Waals surface area contributed by atoms with E-state index in [-0.39, 0.29) is 25.5 Å². The first-order valence-electron chi connectivity index (χ1n) is 9.41. The van der Waals surface area contributed by atoms with Crippen molar-refractivity contribution in [1.29, 1.82) is 0 Å². The van der Waals surface area contributed by atoms with E-state index in [1.165, 1.54) is 6.33 Å². The molecule has 0 saturated heterocycles. The van der Waals surface area contributed by atoms with Gasteiger partial charge in [-0.1, -0.05) is 11.6 Å². The lowest BCUT2D eigenvalue weighted by Gasteiger charge is -2.14. The number of nitrogens with zero attached hydrogens (tertiary/aromatic N) is 5. The van der Waals surface area contributed by atoms with Crippen LogP contribution in [0.1, 0.15) is 32.1 Å². The summed E-state index contributed by atoms with van der Waals surface area (Å²) in [7, 11) is 0. The molecule has 2 rings (SSSR count). The largest absolute Gasteiger partial charge is 0.480 e. The number of halogens is 1. The zero-order valence-electron chi connectivity index (χ0n) is 16.3. The lowest BCUT2D eigenvalue weighted by Crippen LogP contribution is -2.41. The minimum absolute atomic E-state index is 0.0625. The molecule has 12 nitrogen and oxygen atoms in total. The summed E-state index contributed by atoms with van der Waals surface area (Å²) in [5, 5.41) is 11.8. The number of guanidine groups is 1. The van der Waals surface area contributed by atoms with Crippen LogP contribution in [0.2, 0.25) is 5.15 Å². The van der Waals surface area contributed by atoms with Crippen molar-refractivity contribution in [3.63, 3.8) is 0 Å². The Morgan fingerprint density at radius 3 is 2.77 bits per heavy atom. The number of amides is 1. The molecule has 2 heterocycles. The van der Waals surface area contributed by atoms with Gasteiger partial charge in [0.25, 0.3) is 0 Å². The van der Waals surface area contributed by atoms with E-state index in [0.717, 1.165) is 12.8 Å². The third-order valence-electron chi connectivity index (χ3n) is 4.17. The first-order valence-corrected chi connectivity index (χ1v) is 9.79. The molecule has 2 aromatic heterocycles. The number of imidazole rings is 1. The first kappa shape index (κ1) is 23.1. The van der Waals surface area contributed by atoms with Gasteiger partial charge in [-0.25, -0.2) is 24.5 Å². The predicted molar refractivity (Wildman–Crippen MR) is 110 cm³/mol. The van der Waals surface area contributed by atoms with E-state index in [1.807, 2.05) is 4.57 Å². The van der Waals surface area contributed by atoms with Crippen LogP contribution in [-0.4, -0.2) is 61.8 Å². The molecule has 164 valence electrons. The van der Waals surface area contributed by atoms with Crippen LogP contribution < -0.4 is 16.8 Å². The Kier molecular flexibility index (Phi) is 9.06. The highest BCUT2D eigenvalue weighted by Gasteiger charge is 2.20. The molecule has 0 fully saturated rings. The average molecular weight is 441 g/mol.